The van der Waals surface area contributed by atoms with Gasteiger partial charge in [0.15, 0.2) is 0 Å². The molecule has 2 aliphatic rings. The van der Waals surface area contributed by atoms with E-state index in [-0.39, 0.29) is 12.4 Å². The Hall–Kier alpha value is -0.640. The van der Waals surface area contributed by atoms with Gasteiger partial charge in [0.25, 0.3) is 0 Å². The molecule has 4 heteroatoms. The van der Waals surface area contributed by atoms with Gasteiger partial charge in [-0.2, -0.15) is 0 Å². The molecule has 1 aliphatic carbocycles. The standard InChI is InChI=1S/C15H23N3.ClH/c1-12-13(4-2-8-16-12)10-18(15-6-7-15)11-14-5-3-9-17-14;/h2,4,8,14-15,17H,3,5-7,9-11H2,1H3;1H. The Balaban J connectivity index is 0.00000133. The molecule has 0 spiro atoms. The summed E-state index contributed by atoms with van der Waals surface area (Å²) < 4.78 is 0. The number of aromatic nitrogens is 1. The smallest absolute Gasteiger partial charge is 0.0417 e. The van der Waals surface area contributed by atoms with Crippen molar-refractivity contribution in [1.29, 1.82) is 0 Å². The zero-order valence-electron chi connectivity index (χ0n) is 11.6. The third-order valence-electron chi connectivity index (χ3n) is 4.17. The first-order valence-corrected chi connectivity index (χ1v) is 7.21. The number of hydrogen-bond acceptors (Lipinski definition) is 3. The monoisotopic (exact) mass is 281 g/mol. The highest BCUT2D eigenvalue weighted by atomic mass is 35.5. The molecule has 1 aromatic rings. The molecule has 0 aromatic carbocycles. The topological polar surface area (TPSA) is 28.2 Å². The SMILES string of the molecule is Cc1ncccc1CN(CC1CCCN1)C1CC1.Cl. The molecular formula is C15H24ClN3. The maximum Gasteiger partial charge on any atom is 0.0417 e. The van der Waals surface area contributed by atoms with Crippen molar-refractivity contribution in [1.82, 2.24) is 15.2 Å². The van der Waals surface area contributed by atoms with Crippen molar-refractivity contribution in [3.63, 3.8) is 0 Å². The van der Waals surface area contributed by atoms with Crippen LogP contribution in [-0.4, -0.2) is 35.1 Å². The second-order valence-electron chi connectivity index (χ2n) is 5.70. The summed E-state index contributed by atoms with van der Waals surface area (Å²) in [5.41, 5.74) is 2.57. The van der Waals surface area contributed by atoms with E-state index < -0.39 is 0 Å². The molecule has 1 saturated carbocycles. The summed E-state index contributed by atoms with van der Waals surface area (Å²) in [7, 11) is 0. The minimum absolute atomic E-state index is 0. The molecule has 0 radical (unpaired) electrons. The van der Waals surface area contributed by atoms with Crippen molar-refractivity contribution in [2.75, 3.05) is 13.1 Å². The van der Waals surface area contributed by atoms with Gasteiger partial charge < -0.3 is 5.32 Å². The van der Waals surface area contributed by atoms with Crippen LogP contribution in [0.1, 0.15) is 36.9 Å². The highest BCUT2D eigenvalue weighted by Crippen LogP contribution is 2.29. The summed E-state index contributed by atoms with van der Waals surface area (Å²) in [4.78, 5) is 7.06. The van der Waals surface area contributed by atoms with Crippen molar-refractivity contribution in [2.45, 2.75) is 51.2 Å². The van der Waals surface area contributed by atoms with Gasteiger partial charge in [-0.1, -0.05) is 6.07 Å². The van der Waals surface area contributed by atoms with Gasteiger partial charge in [0, 0.05) is 37.1 Å². The van der Waals surface area contributed by atoms with E-state index in [4.69, 9.17) is 0 Å². The molecule has 1 saturated heterocycles. The third-order valence-corrected chi connectivity index (χ3v) is 4.17. The number of aryl methyl sites for hydroxylation is 1. The Kier molecular flexibility index (Phi) is 5.20. The summed E-state index contributed by atoms with van der Waals surface area (Å²) in [5, 5.41) is 3.61. The summed E-state index contributed by atoms with van der Waals surface area (Å²) in [6, 6.07) is 5.82. The molecule has 1 unspecified atom stereocenters. The minimum Gasteiger partial charge on any atom is -0.313 e. The highest BCUT2D eigenvalue weighted by molar-refractivity contribution is 5.85. The van der Waals surface area contributed by atoms with Crippen LogP contribution in [0, 0.1) is 6.92 Å². The predicted molar refractivity (Wildman–Crippen MR) is 80.7 cm³/mol. The zero-order chi connectivity index (χ0) is 12.4. The van der Waals surface area contributed by atoms with Crippen LogP contribution in [0.3, 0.4) is 0 Å². The van der Waals surface area contributed by atoms with E-state index in [0.29, 0.717) is 6.04 Å². The molecule has 1 N–H and O–H groups in total. The van der Waals surface area contributed by atoms with Crippen molar-refractivity contribution in [3.8, 4) is 0 Å². The Morgan fingerprint density at radius 3 is 2.84 bits per heavy atom. The molecule has 2 fully saturated rings. The van der Waals surface area contributed by atoms with E-state index in [0.717, 1.165) is 12.6 Å². The van der Waals surface area contributed by atoms with Crippen molar-refractivity contribution >= 4 is 12.4 Å². The van der Waals surface area contributed by atoms with Crippen LogP contribution >= 0.6 is 12.4 Å². The van der Waals surface area contributed by atoms with Crippen LogP contribution in [0.25, 0.3) is 0 Å². The average molecular weight is 282 g/mol. The van der Waals surface area contributed by atoms with Gasteiger partial charge >= 0.3 is 0 Å². The first-order chi connectivity index (χ1) is 8.83. The van der Waals surface area contributed by atoms with Gasteiger partial charge in [0.2, 0.25) is 0 Å². The lowest BCUT2D eigenvalue weighted by Gasteiger charge is -2.26. The fraction of sp³-hybridized carbons (Fsp3) is 0.667. The van der Waals surface area contributed by atoms with Crippen molar-refractivity contribution < 1.29 is 0 Å². The predicted octanol–water partition coefficient (Wildman–Crippen LogP) is 2.53. The van der Waals surface area contributed by atoms with E-state index >= 15 is 0 Å². The van der Waals surface area contributed by atoms with E-state index in [9.17, 15) is 0 Å². The quantitative estimate of drug-likeness (QED) is 0.899. The lowest BCUT2D eigenvalue weighted by Crippen LogP contribution is -2.38. The van der Waals surface area contributed by atoms with Crippen LogP contribution in [0.2, 0.25) is 0 Å². The molecule has 0 amide bonds. The van der Waals surface area contributed by atoms with Crippen LogP contribution in [0.15, 0.2) is 18.3 Å². The van der Waals surface area contributed by atoms with E-state index in [1.807, 2.05) is 6.20 Å². The van der Waals surface area contributed by atoms with Crippen LogP contribution in [0.5, 0.6) is 0 Å². The molecule has 2 heterocycles. The molecule has 1 aliphatic heterocycles. The highest BCUT2D eigenvalue weighted by Gasteiger charge is 2.31. The Labute approximate surface area is 122 Å². The van der Waals surface area contributed by atoms with Gasteiger partial charge in [0.1, 0.15) is 0 Å². The number of pyridine rings is 1. The fourth-order valence-electron chi connectivity index (χ4n) is 2.88. The maximum absolute atomic E-state index is 4.40. The van der Waals surface area contributed by atoms with E-state index in [1.165, 1.54) is 50.0 Å². The van der Waals surface area contributed by atoms with E-state index in [2.05, 4.69) is 34.3 Å². The molecular weight excluding hydrogens is 258 g/mol. The number of halogens is 1. The van der Waals surface area contributed by atoms with Crippen LogP contribution in [0.4, 0.5) is 0 Å². The summed E-state index contributed by atoms with van der Waals surface area (Å²) >= 11 is 0. The van der Waals surface area contributed by atoms with Gasteiger partial charge in [0.05, 0.1) is 0 Å². The number of rotatable bonds is 5. The van der Waals surface area contributed by atoms with Gasteiger partial charge in [-0.05, 0) is 50.8 Å². The number of nitrogens with zero attached hydrogens (tertiary/aromatic N) is 2. The fourth-order valence-corrected chi connectivity index (χ4v) is 2.88. The Morgan fingerprint density at radius 1 is 1.37 bits per heavy atom. The van der Waals surface area contributed by atoms with Gasteiger partial charge in [-0.3, -0.25) is 9.88 Å². The first-order valence-electron chi connectivity index (χ1n) is 7.21. The maximum atomic E-state index is 4.40. The first kappa shape index (κ1) is 14.8. The molecule has 3 nitrogen and oxygen atoms in total. The normalized spacial score (nSPS) is 22.5. The van der Waals surface area contributed by atoms with Gasteiger partial charge in [-0.25, -0.2) is 0 Å². The summed E-state index contributed by atoms with van der Waals surface area (Å²) in [6.45, 7) is 5.60. The minimum atomic E-state index is 0. The molecule has 1 aromatic heterocycles. The van der Waals surface area contributed by atoms with E-state index in [1.54, 1.807) is 0 Å². The molecule has 0 bridgehead atoms. The lowest BCUT2D eigenvalue weighted by molar-refractivity contribution is 0.230. The van der Waals surface area contributed by atoms with Gasteiger partial charge in [-0.15, -0.1) is 12.4 Å². The molecule has 106 valence electrons. The summed E-state index contributed by atoms with van der Waals surface area (Å²) in [6.07, 6.45) is 7.33. The van der Waals surface area contributed by atoms with Crippen LogP contribution in [-0.2, 0) is 6.54 Å². The lowest BCUT2D eigenvalue weighted by atomic mass is 10.1. The molecule has 19 heavy (non-hydrogen) atoms. The number of nitrogens with one attached hydrogen (secondary N) is 1. The zero-order valence-corrected chi connectivity index (χ0v) is 12.5. The Morgan fingerprint density at radius 2 is 2.21 bits per heavy atom. The van der Waals surface area contributed by atoms with Crippen LogP contribution < -0.4 is 5.32 Å². The third kappa shape index (κ3) is 3.91. The largest absolute Gasteiger partial charge is 0.313 e. The second kappa shape index (κ2) is 6.69. The number of hydrogen-bond donors (Lipinski definition) is 1. The average Bonchev–Trinajstić information content (AvgIpc) is 3.10. The Bertz CT molecular complexity index is 400. The molecule has 3 rings (SSSR count). The molecule has 1 atom stereocenters. The van der Waals surface area contributed by atoms with Crippen molar-refractivity contribution in [2.24, 2.45) is 0 Å². The second-order valence-corrected chi connectivity index (χ2v) is 5.70. The van der Waals surface area contributed by atoms with Crippen molar-refractivity contribution in [3.05, 3.63) is 29.6 Å². The summed E-state index contributed by atoms with van der Waals surface area (Å²) in [5.74, 6) is 0.